The van der Waals surface area contributed by atoms with Gasteiger partial charge in [-0.25, -0.2) is 4.79 Å². The first-order valence-corrected chi connectivity index (χ1v) is 7.49. The molecule has 0 radical (unpaired) electrons. The molecule has 0 aliphatic carbocycles. The highest BCUT2D eigenvalue weighted by Crippen LogP contribution is 2.16. The molecular formula is C17H16N4O3. The van der Waals surface area contributed by atoms with Gasteiger partial charge >= 0.3 is 5.69 Å². The Morgan fingerprint density at radius 2 is 1.75 bits per heavy atom. The molecule has 0 saturated heterocycles. The number of H-pyrrole nitrogens is 2. The van der Waals surface area contributed by atoms with Gasteiger partial charge in [0, 0.05) is 17.8 Å². The minimum absolute atomic E-state index is 0.162. The Hall–Kier alpha value is -3.35. The number of benzene rings is 2. The lowest BCUT2D eigenvalue weighted by atomic mass is 10.1. The maximum Gasteiger partial charge on any atom is 0.323 e. The number of imidazole rings is 1. The van der Waals surface area contributed by atoms with Gasteiger partial charge in [0.05, 0.1) is 16.6 Å². The Morgan fingerprint density at radius 3 is 2.46 bits per heavy atom. The molecule has 0 spiro atoms. The number of hydrogen-bond acceptors (Lipinski definition) is 3. The lowest BCUT2D eigenvalue weighted by Crippen LogP contribution is -2.22. The number of aromatic amines is 2. The van der Waals surface area contributed by atoms with Gasteiger partial charge in [-0.1, -0.05) is 6.07 Å². The van der Waals surface area contributed by atoms with Crippen molar-refractivity contribution >= 4 is 28.5 Å². The number of anilines is 1. The summed E-state index contributed by atoms with van der Waals surface area (Å²) in [5.74, 6) is -0.508. The molecule has 0 aliphatic heterocycles. The SMILES string of the molecule is CCNC(=O)c1ccc(NC(=O)c2cccc3[nH]c(=O)[nH]c23)cc1. The van der Waals surface area contributed by atoms with Gasteiger partial charge in [-0.3, -0.25) is 9.59 Å². The van der Waals surface area contributed by atoms with E-state index in [2.05, 4.69) is 20.6 Å². The maximum atomic E-state index is 12.4. The van der Waals surface area contributed by atoms with Crippen molar-refractivity contribution in [3.63, 3.8) is 0 Å². The molecule has 4 N–H and O–H groups in total. The molecule has 1 aromatic heterocycles. The summed E-state index contributed by atoms with van der Waals surface area (Å²) >= 11 is 0. The molecule has 0 fully saturated rings. The summed E-state index contributed by atoms with van der Waals surface area (Å²) in [7, 11) is 0. The van der Waals surface area contributed by atoms with Crippen LogP contribution in [-0.4, -0.2) is 28.3 Å². The summed E-state index contributed by atoms with van der Waals surface area (Å²) < 4.78 is 0. The third kappa shape index (κ3) is 3.05. The standard InChI is InChI=1S/C17H16N4O3/c1-2-18-15(22)10-6-8-11(9-7-10)19-16(23)12-4-3-5-13-14(12)21-17(24)20-13/h3-9H,2H2,1H3,(H,18,22)(H,19,23)(H2,20,21,24). The van der Waals surface area contributed by atoms with Gasteiger partial charge in [0.2, 0.25) is 0 Å². The summed E-state index contributed by atoms with van der Waals surface area (Å²) in [6.07, 6.45) is 0. The average Bonchev–Trinajstić information content (AvgIpc) is 2.95. The van der Waals surface area contributed by atoms with Crippen LogP contribution in [0, 0.1) is 0 Å². The molecular weight excluding hydrogens is 308 g/mol. The van der Waals surface area contributed by atoms with Crippen LogP contribution >= 0.6 is 0 Å². The molecule has 3 rings (SSSR count). The van der Waals surface area contributed by atoms with Crippen molar-refractivity contribution < 1.29 is 9.59 Å². The maximum absolute atomic E-state index is 12.4. The van der Waals surface area contributed by atoms with Crippen LogP contribution in [0.3, 0.4) is 0 Å². The van der Waals surface area contributed by atoms with Crippen molar-refractivity contribution in [2.24, 2.45) is 0 Å². The Morgan fingerprint density at radius 1 is 1.00 bits per heavy atom. The Bertz CT molecular complexity index is 954. The Kier molecular flexibility index (Phi) is 4.15. The third-order valence-corrected chi connectivity index (χ3v) is 3.54. The first kappa shape index (κ1) is 15.5. The highest BCUT2D eigenvalue weighted by molar-refractivity contribution is 6.11. The van der Waals surface area contributed by atoms with Crippen LogP contribution in [0.25, 0.3) is 11.0 Å². The normalized spacial score (nSPS) is 10.5. The predicted molar refractivity (Wildman–Crippen MR) is 91.3 cm³/mol. The van der Waals surface area contributed by atoms with Gasteiger partial charge in [-0.05, 0) is 43.3 Å². The number of hydrogen-bond donors (Lipinski definition) is 4. The minimum Gasteiger partial charge on any atom is -0.352 e. The molecule has 7 nitrogen and oxygen atoms in total. The van der Waals surface area contributed by atoms with Crippen molar-refractivity contribution in [3.05, 3.63) is 64.1 Å². The van der Waals surface area contributed by atoms with E-state index in [1.807, 2.05) is 6.92 Å². The molecule has 7 heteroatoms. The van der Waals surface area contributed by atoms with Crippen LogP contribution in [0.4, 0.5) is 5.69 Å². The van der Waals surface area contributed by atoms with E-state index in [4.69, 9.17) is 0 Å². The van der Waals surface area contributed by atoms with Gasteiger partial charge in [0.15, 0.2) is 0 Å². The lowest BCUT2D eigenvalue weighted by Gasteiger charge is -2.07. The predicted octanol–water partition coefficient (Wildman–Crippen LogP) is 1.86. The summed E-state index contributed by atoms with van der Waals surface area (Å²) in [6, 6.07) is 11.6. The van der Waals surface area contributed by atoms with Crippen LogP contribution < -0.4 is 16.3 Å². The summed E-state index contributed by atoms with van der Waals surface area (Å²) in [6.45, 7) is 2.40. The third-order valence-electron chi connectivity index (χ3n) is 3.54. The van der Waals surface area contributed by atoms with E-state index >= 15 is 0 Å². The molecule has 3 aromatic rings. The van der Waals surface area contributed by atoms with Crippen LogP contribution in [0.15, 0.2) is 47.3 Å². The van der Waals surface area contributed by atoms with Crippen molar-refractivity contribution in [3.8, 4) is 0 Å². The molecule has 2 amide bonds. The Labute approximate surface area is 137 Å². The van der Waals surface area contributed by atoms with Gasteiger partial charge in [0.25, 0.3) is 11.8 Å². The fourth-order valence-corrected chi connectivity index (χ4v) is 2.41. The first-order chi connectivity index (χ1) is 11.6. The molecule has 0 atom stereocenters. The number of aromatic nitrogens is 2. The molecule has 0 aliphatic rings. The van der Waals surface area contributed by atoms with Crippen LogP contribution in [0.5, 0.6) is 0 Å². The van der Waals surface area contributed by atoms with Crippen molar-refractivity contribution in [2.75, 3.05) is 11.9 Å². The highest BCUT2D eigenvalue weighted by atomic mass is 16.2. The van der Waals surface area contributed by atoms with Crippen LogP contribution in [-0.2, 0) is 0 Å². The molecule has 1 heterocycles. The number of carbonyl (C=O) groups excluding carboxylic acids is 2. The number of para-hydroxylation sites is 1. The van der Waals surface area contributed by atoms with Gasteiger partial charge in [-0.2, -0.15) is 0 Å². The van der Waals surface area contributed by atoms with Crippen molar-refractivity contribution in [1.82, 2.24) is 15.3 Å². The largest absolute Gasteiger partial charge is 0.352 e. The Balaban J connectivity index is 1.81. The molecule has 24 heavy (non-hydrogen) atoms. The van der Waals surface area contributed by atoms with E-state index in [0.29, 0.717) is 34.4 Å². The molecule has 0 bridgehead atoms. The monoisotopic (exact) mass is 324 g/mol. The second kappa shape index (κ2) is 6.41. The van der Waals surface area contributed by atoms with Gasteiger partial charge < -0.3 is 20.6 Å². The zero-order valence-corrected chi connectivity index (χ0v) is 13.0. The van der Waals surface area contributed by atoms with Crippen LogP contribution in [0.1, 0.15) is 27.6 Å². The summed E-state index contributed by atoms with van der Waals surface area (Å²) in [5, 5.41) is 5.46. The summed E-state index contributed by atoms with van der Waals surface area (Å²) in [5.41, 5.74) is 2.10. The molecule has 122 valence electrons. The number of nitrogens with one attached hydrogen (secondary N) is 4. The minimum atomic E-state index is -0.364. The molecule has 2 aromatic carbocycles. The second-order valence-electron chi connectivity index (χ2n) is 5.20. The summed E-state index contributed by atoms with van der Waals surface area (Å²) in [4.78, 5) is 40.8. The van der Waals surface area contributed by atoms with Gasteiger partial charge in [-0.15, -0.1) is 0 Å². The van der Waals surface area contributed by atoms with E-state index in [1.165, 1.54) is 0 Å². The smallest absolute Gasteiger partial charge is 0.323 e. The van der Waals surface area contributed by atoms with E-state index in [9.17, 15) is 14.4 Å². The zero-order valence-electron chi connectivity index (χ0n) is 13.0. The first-order valence-electron chi connectivity index (χ1n) is 7.49. The second-order valence-corrected chi connectivity index (χ2v) is 5.20. The van der Waals surface area contributed by atoms with Gasteiger partial charge in [0.1, 0.15) is 0 Å². The lowest BCUT2D eigenvalue weighted by molar-refractivity contribution is 0.0955. The van der Waals surface area contributed by atoms with E-state index in [1.54, 1.807) is 42.5 Å². The fourth-order valence-electron chi connectivity index (χ4n) is 2.41. The zero-order chi connectivity index (χ0) is 17.1. The number of rotatable bonds is 4. The van der Waals surface area contributed by atoms with E-state index in [0.717, 1.165) is 0 Å². The number of amides is 2. The topological polar surface area (TPSA) is 107 Å². The molecule has 0 unspecified atom stereocenters. The van der Waals surface area contributed by atoms with Crippen LogP contribution in [0.2, 0.25) is 0 Å². The van der Waals surface area contributed by atoms with Crippen molar-refractivity contribution in [1.29, 1.82) is 0 Å². The number of carbonyl (C=O) groups is 2. The highest BCUT2D eigenvalue weighted by Gasteiger charge is 2.12. The van der Waals surface area contributed by atoms with Crippen molar-refractivity contribution in [2.45, 2.75) is 6.92 Å². The molecule has 0 saturated carbocycles. The fraction of sp³-hybridized carbons (Fsp3) is 0.118. The number of fused-ring (bicyclic) bond motifs is 1. The quantitative estimate of drug-likeness (QED) is 0.588. The van der Waals surface area contributed by atoms with E-state index < -0.39 is 0 Å². The van der Waals surface area contributed by atoms with E-state index in [-0.39, 0.29) is 17.5 Å². The average molecular weight is 324 g/mol.